The van der Waals surface area contributed by atoms with Gasteiger partial charge in [0, 0.05) is 43.4 Å². The molecule has 9 nitrogen and oxygen atoms in total. The number of amides is 2. The highest BCUT2D eigenvalue weighted by Crippen LogP contribution is 2.60. The zero-order valence-electron chi connectivity index (χ0n) is 30.6. The van der Waals surface area contributed by atoms with Gasteiger partial charge in [0.1, 0.15) is 13.2 Å². The van der Waals surface area contributed by atoms with Crippen LogP contribution in [-0.2, 0) is 9.47 Å². The number of carbonyl (C=O) groups is 2. The van der Waals surface area contributed by atoms with E-state index in [4.69, 9.17) is 9.47 Å². The van der Waals surface area contributed by atoms with E-state index in [9.17, 15) is 19.8 Å². The molecule has 0 aromatic heterocycles. The lowest BCUT2D eigenvalue weighted by Gasteiger charge is -2.58. The molecule has 6 aliphatic rings. The molecular weight excluding hydrogens is 679 g/mol. The zero-order chi connectivity index (χ0) is 37.0. The maximum absolute atomic E-state index is 12.2. The third-order valence-electron chi connectivity index (χ3n) is 13.0. The molecule has 0 atom stereocenters. The Hall–Kier alpha value is -4.70. The molecule has 1 saturated heterocycles. The minimum atomic E-state index is -0.784. The van der Waals surface area contributed by atoms with Crippen LogP contribution in [0.1, 0.15) is 79.0 Å². The summed E-state index contributed by atoms with van der Waals surface area (Å²) in [5.74, 6) is 0.118. The van der Waals surface area contributed by atoms with Crippen molar-refractivity contribution in [1.82, 2.24) is 16.0 Å². The van der Waals surface area contributed by atoms with Crippen molar-refractivity contribution in [3.05, 3.63) is 119 Å². The van der Waals surface area contributed by atoms with E-state index in [1.807, 2.05) is 48.5 Å². The summed E-state index contributed by atoms with van der Waals surface area (Å²) in [5.41, 5.74) is 8.78. The Morgan fingerprint density at radius 2 is 0.926 bits per heavy atom. The molecule has 5 aliphatic carbocycles. The van der Waals surface area contributed by atoms with E-state index in [2.05, 4.69) is 64.5 Å². The van der Waals surface area contributed by atoms with Crippen LogP contribution in [0.2, 0.25) is 0 Å². The summed E-state index contributed by atoms with van der Waals surface area (Å²) in [5, 5.41) is 29.8. The van der Waals surface area contributed by atoms with Crippen molar-refractivity contribution in [3.63, 3.8) is 0 Å². The lowest BCUT2D eigenvalue weighted by Crippen LogP contribution is -2.69. The van der Waals surface area contributed by atoms with E-state index < -0.39 is 23.4 Å². The van der Waals surface area contributed by atoms with Gasteiger partial charge >= 0.3 is 12.2 Å². The Bertz CT molecular complexity index is 1820. The lowest BCUT2D eigenvalue weighted by atomic mass is 9.50. The lowest BCUT2D eigenvalue weighted by molar-refractivity contribution is -0.158. The molecule has 10 rings (SSSR count). The minimum Gasteiger partial charge on any atom is -0.449 e. The predicted molar refractivity (Wildman–Crippen MR) is 206 cm³/mol. The number of ether oxygens (including phenoxy) is 2. The first-order valence-corrected chi connectivity index (χ1v) is 19.5. The maximum Gasteiger partial charge on any atom is 0.407 e. The van der Waals surface area contributed by atoms with Gasteiger partial charge in [0.15, 0.2) is 0 Å². The number of rotatable bonds is 8. The van der Waals surface area contributed by atoms with Gasteiger partial charge in [-0.15, -0.1) is 0 Å². The van der Waals surface area contributed by atoms with Gasteiger partial charge in [0.2, 0.25) is 0 Å². The fourth-order valence-electron chi connectivity index (χ4n) is 10.5. The smallest absolute Gasteiger partial charge is 0.407 e. The Kier molecular flexibility index (Phi) is 8.79. The van der Waals surface area contributed by atoms with E-state index in [0.717, 1.165) is 38.8 Å². The first-order chi connectivity index (χ1) is 26.2. The van der Waals surface area contributed by atoms with Crippen LogP contribution in [0.15, 0.2) is 97.1 Å². The number of nitrogens with one attached hydrogen (secondary N) is 3. The molecule has 0 radical (unpaired) electrons. The standard InChI is InChI=1S/C23H25NO3.C22H24N2O3/c25-21(24-15-23(26)13-22(14-23)10-5-11-22)27-12-20-18-8-3-1-6-16(18)17-7-2-4-9-19(17)20;25-20(24-14-22(26)10-21(11-22)12-23-13-21)27-9-19-17-7-3-1-5-15(17)16-6-2-4-8-18(16)19/h1-4,6-9,20,26H,5,10-15H2,(H,24,25);1-8,19,23,26H,9-14H2,(H,24,25). The van der Waals surface area contributed by atoms with E-state index >= 15 is 0 Å². The van der Waals surface area contributed by atoms with Gasteiger partial charge < -0.3 is 35.6 Å². The molecule has 1 aliphatic heterocycles. The van der Waals surface area contributed by atoms with Gasteiger partial charge in [-0.05, 0) is 88.4 Å². The van der Waals surface area contributed by atoms with Crippen LogP contribution in [0.25, 0.3) is 22.3 Å². The number of fused-ring (bicyclic) bond motifs is 6. The molecule has 2 amide bonds. The van der Waals surface area contributed by atoms with Crippen LogP contribution in [0.4, 0.5) is 9.59 Å². The summed E-state index contributed by atoms with van der Waals surface area (Å²) in [6.45, 7) is 3.09. The molecule has 4 fully saturated rings. The van der Waals surface area contributed by atoms with Gasteiger partial charge in [-0.1, -0.05) is 103 Å². The monoisotopic (exact) mass is 727 g/mol. The molecule has 0 unspecified atom stereocenters. The Labute approximate surface area is 316 Å². The van der Waals surface area contributed by atoms with E-state index in [-0.39, 0.29) is 30.3 Å². The first-order valence-electron chi connectivity index (χ1n) is 19.5. The predicted octanol–water partition coefficient (Wildman–Crippen LogP) is 6.86. The van der Waals surface area contributed by atoms with Crippen molar-refractivity contribution < 1.29 is 29.3 Å². The van der Waals surface area contributed by atoms with Crippen molar-refractivity contribution in [2.45, 2.75) is 68.0 Å². The van der Waals surface area contributed by atoms with Gasteiger partial charge in [0.25, 0.3) is 0 Å². The Morgan fingerprint density at radius 1 is 0.574 bits per heavy atom. The SMILES string of the molecule is O=C(NCC1(O)CC2(CCC2)C1)OCC1c2ccccc2-c2ccccc21.O=C(NCC1(O)CC2(CNC2)C1)OCC1c2ccccc2-c2ccccc21. The summed E-state index contributed by atoms with van der Waals surface area (Å²) in [6, 6.07) is 33.2. The molecule has 0 bridgehead atoms. The normalized spacial score (nSPS) is 22.7. The summed E-state index contributed by atoms with van der Waals surface area (Å²) in [4.78, 5) is 24.4. The van der Waals surface area contributed by atoms with Gasteiger partial charge in [-0.25, -0.2) is 9.59 Å². The van der Waals surface area contributed by atoms with E-state index in [0.29, 0.717) is 18.6 Å². The fraction of sp³-hybridized carbons (Fsp3) is 0.422. The van der Waals surface area contributed by atoms with Crippen LogP contribution >= 0.6 is 0 Å². The summed E-state index contributed by atoms with van der Waals surface area (Å²) in [6.07, 6.45) is 5.93. The summed E-state index contributed by atoms with van der Waals surface area (Å²) in [7, 11) is 0. The van der Waals surface area contributed by atoms with Gasteiger partial charge in [0.05, 0.1) is 11.2 Å². The second kappa shape index (κ2) is 13.6. The first kappa shape index (κ1) is 35.0. The number of aliphatic hydroxyl groups is 2. The highest BCUT2D eigenvalue weighted by molar-refractivity contribution is 5.80. The van der Waals surface area contributed by atoms with E-state index in [1.54, 1.807) is 0 Å². The average Bonchev–Trinajstić information content (AvgIpc) is 3.63. The highest BCUT2D eigenvalue weighted by atomic mass is 16.6. The van der Waals surface area contributed by atoms with Gasteiger partial charge in [-0.3, -0.25) is 0 Å². The molecular formula is C45H49N3O6. The van der Waals surface area contributed by atoms with E-state index in [1.165, 1.54) is 63.8 Å². The molecule has 5 N–H and O–H groups in total. The number of alkyl carbamates (subject to hydrolysis) is 2. The van der Waals surface area contributed by atoms with Crippen molar-refractivity contribution >= 4 is 12.2 Å². The average molecular weight is 728 g/mol. The molecule has 4 aromatic carbocycles. The molecule has 1 heterocycles. The Balaban J connectivity index is 0.000000142. The number of hydrogen-bond donors (Lipinski definition) is 5. The third kappa shape index (κ3) is 6.46. The molecule has 280 valence electrons. The molecule has 54 heavy (non-hydrogen) atoms. The molecule has 2 spiro atoms. The van der Waals surface area contributed by atoms with Crippen LogP contribution in [0, 0.1) is 10.8 Å². The minimum absolute atomic E-state index is 0.0549. The van der Waals surface area contributed by atoms with Crippen LogP contribution in [0.5, 0.6) is 0 Å². The summed E-state index contributed by atoms with van der Waals surface area (Å²) >= 11 is 0. The van der Waals surface area contributed by atoms with Gasteiger partial charge in [-0.2, -0.15) is 0 Å². The fourth-order valence-corrected chi connectivity index (χ4v) is 10.5. The van der Waals surface area contributed by atoms with Crippen molar-refractivity contribution in [2.75, 3.05) is 39.4 Å². The number of carbonyl (C=O) groups excluding carboxylic acids is 2. The third-order valence-corrected chi connectivity index (χ3v) is 13.0. The Morgan fingerprint density at radius 3 is 1.24 bits per heavy atom. The second-order valence-corrected chi connectivity index (χ2v) is 17.0. The van der Waals surface area contributed by atoms with Crippen LogP contribution in [-0.4, -0.2) is 73.0 Å². The highest BCUT2D eigenvalue weighted by Gasteiger charge is 2.57. The summed E-state index contributed by atoms with van der Waals surface area (Å²) < 4.78 is 11.1. The van der Waals surface area contributed by atoms with Crippen molar-refractivity contribution in [3.8, 4) is 22.3 Å². The number of benzene rings is 4. The quantitative estimate of drug-likeness (QED) is 0.134. The topological polar surface area (TPSA) is 129 Å². The largest absolute Gasteiger partial charge is 0.449 e. The molecule has 3 saturated carbocycles. The number of hydrogen-bond acceptors (Lipinski definition) is 7. The zero-order valence-corrected chi connectivity index (χ0v) is 30.6. The molecule has 9 heteroatoms. The van der Waals surface area contributed by atoms with Crippen LogP contribution in [0.3, 0.4) is 0 Å². The maximum atomic E-state index is 12.2. The molecule has 4 aromatic rings. The van der Waals surface area contributed by atoms with Crippen LogP contribution < -0.4 is 16.0 Å². The second-order valence-electron chi connectivity index (χ2n) is 17.0. The van der Waals surface area contributed by atoms with Crippen molar-refractivity contribution in [1.29, 1.82) is 0 Å². The van der Waals surface area contributed by atoms with Crippen molar-refractivity contribution in [2.24, 2.45) is 10.8 Å².